The van der Waals surface area contributed by atoms with E-state index >= 15 is 0 Å². The Morgan fingerprint density at radius 3 is 2.58 bits per heavy atom. The molecule has 1 aromatic heterocycles. The Labute approximate surface area is 149 Å². The van der Waals surface area contributed by atoms with Crippen LogP contribution in [0.25, 0.3) is 0 Å². The van der Waals surface area contributed by atoms with Gasteiger partial charge in [-0.25, -0.2) is 9.67 Å². The highest BCUT2D eigenvalue weighted by Gasteiger charge is 2.30. The average Bonchev–Trinajstić information content (AvgIpc) is 3.07. The number of nitrogens with zero attached hydrogens (tertiary/aromatic N) is 3. The second-order valence-corrected chi connectivity index (χ2v) is 6.24. The van der Waals surface area contributed by atoms with Gasteiger partial charge in [0.1, 0.15) is 12.7 Å². The molecule has 0 radical (unpaired) electrons. The first-order chi connectivity index (χ1) is 12.4. The van der Waals surface area contributed by atoms with Gasteiger partial charge in [-0.1, -0.05) is 30.3 Å². The standard InChI is InChI=1S/C19H19F3N4/c1-14(8-15-4-2-6-17(9-15)19(20,21)22)25-18-7-3-5-16(10-18)11-26-13-23-12-24-26/h2-7,9-10,12-14,25H,8,11H2,1H3. The van der Waals surface area contributed by atoms with Gasteiger partial charge in [-0.15, -0.1) is 0 Å². The maximum atomic E-state index is 12.8. The highest BCUT2D eigenvalue weighted by molar-refractivity contribution is 5.46. The predicted octanol–water partition coefficient (Wildman–Crippen LogP) is 4.39. The van der Waals surface area contributed by atoms with Crippen LogP contribution in [-0.4, -0.2) is 20.8 Å². The van der Waals surface area contributed by atoms with E-state index in [-0.39, 0.29) is 6.04 Å². The lowest BCUT2D eigenvalue weighted by atomic mass is 10.0. The molecule has 26 heavy (non-hydrogen) atoms. The summed E-state index contributed by atoms with van der Waals surface area (Å²) in [6.45, 7) is 2.56. The van der Waals surface area contributed by atoms with Crippen LogP contribution in [-0.2, 0) is 19.1 Å². The zero-order chi connectivity index (χ0) is 18.6. The quantitative estimate of drug-likeness (QED) is 0.709. The summed E-state index contributed by atoms with van der Waals surface area (Å²) in [4.78, 5) is 3.92. The number of hydrogen-bond donors (Lipinski definition) is 1. The molecule has 0 fully saturated rings. The van der Waals surface area contributed by atoms with E-state index in [1.807, 2.05) is 31.2 Å². The molecule has 1 N–H and O–H groups in total. The van der Waals surface area contributed by atoms with Gasteiger partial charge in [0.05, 0.1) is 12.1 Å². The molecule has 0 aliphatic rings. The molecular weight excluding hydrogens is 341 g/mol. The summed E-state index contributed by atoms with van der Waals surface area (Å²) in [5.74, 6) is 0. The van der Waals surface area contributed by atoms with Crippen LogP contribution < -0.4 is 5.32 Å². The summed E-state index contributed by atoms with van der Waals surface area (Å²) in [6, 6.07) is 13.3. The molecule has 1 atom stereocenters. The monoisotopic (exact) mass is 360 g/mol. The Hall–Kier alpha value is -2.83. The minimum atomic E-state index is -4.32. The van der Waals surface area contributed by atoms with Crippen molar-refractivity contribution in [3.05, 3.63) is 77.9 Å². The Morgan fingerprint density at radius 1 is 1.08 bits per heavy atom. The van der Waals surface area contributed by atoms with Crippen molar-refractivity contribution in [1.29, 1.82) is 0 Å². The summed E-state index contributed by atoms with van der Waals surface area (Å²) in [7, 11) is 0. The van der Waals surface area contributed by atoms with Crippen LogP contribution in [0.3, 0.4) is 0 Å². The topological polar surface area (TPSA) is 42.7 Å². The molecule has 0 bridgehead atoms. The third-order valence-electron chi connectivity index (χ3n) is 3.95. The third kappa shape index (κ3) is 4.84. The van der Waals surface area contributed by atoms with Gasteiger partial charge in [-0.05, 0) is 42.7 Å². The van der Waals surface area contributed by atoms with Gasteiger partial charge in [0.2, 0.25) is 0 Å². The molecule has 0 aliphatic heterocycles. The molecule has 136 valence electrons. The van der Waals surface area contributed by atoms with Crippen molar-refractivity contribution in [2.24, 2.45) is 0 Å². The lowest BCUT2D eigenvalue weighted by Crippen LogP contribution is -2.18. The minimum Gasteiger partial charge on any atom is -0.382 e. The van der Waals surface area contributed by atoms with Crippen molar-refractivity contribution in [3.63, 3.8) is 0 Å². The fraction of sp³-hybridized carbons (Fsp3) is 0.263. The van der Waals surface area contributed by atoms with Crippen molar-refractivity contribution in [2.75, 3.05) is 5.32 Å². The van der Waals surface area contributed by atoms with E-state index in [4.69, 9.17) is 0 Å². The predicted molar refractivity (Wildman–Crippen MR) is 93.8 cm³/mol. The highest BCUT2D eigenvalue weighted by atomic mass is 19.4. The fourth-order valence-electron chi connectivity index (χ4n) is 2.82. The van der Waals surface area contributed by atoms with Gasteiger partial charge in [0.25, 0.3) is 0 Å². The Morgan fingerprint density at radius 2 is 1.85 bits per heavy atom. The zero-order valence-corrected chi connectivity index (χ0v) is 14.2. The number of aromatic nitrogens is 3. The Bertz CT molecular complexity index is 844. The molecule has 4 nitrogen and oxygen atoms in total. The van der Waals surface area contributed by atoms with Crippen molar-refractivity contribution in [3.8, 4) is 0 Å². The summed E-state index contributed by atoms with van der Waals surface area (Å²) < 4.78 is 40.2. The molecule has 3 aromatic rings. The molecule has 0 aliphatic carbocycles. The molecule has 1 heterocycles. The van der Waals surface area contributed by atoms with Crippen LogP contribution >= 0.6 is 0 Å². The number of benzene rings is 2. The summed E-state index contributed by atoms with van der Waals surface area (Å²) in [6.07, 6.45) is -0.685. The van der Waals surface area contributed by atoms with Crippen molar-refractivity contribution < 1.29 is 13.2 Å². The second kappa shape index (κ2) is 7.59. The number of hydrogen-bond acceptors (Lipinski definition) is 3. The Balaban J connectivity index is 1.64. The highest BCUT2D eigenvalue weighted by Crippen LogP contribution is 2.29. The van der Waals surface area contributed by atoms with Crippen LogP contribution in [0.2, 0.25) is 0 Å². The van der Waals surface area contributed by atoms with E-state index in [1.165, 1.54) is 18.5 Å². The molecule has 0 saturated carbocycles. The lowest BCUT2D eigenvalue weighted by molar-refractivity contribution is -0.137. The molecule has 1 unspecified atom stereocenters. The molecule has 0 saturated heterocycles. The maximum absolute atomic E-state index is 12.8. The Kier molecular flexibility index (Phi) is 5.25. The van der Waals surface area contributed by atoms with Crippen LogP contribution in [0.5, 0.6) is 0 Å². The van der Waals surface area contributed by atoms with E-state index in [2.05, 4.69) is 15.4 Å². The fourth-order valence-corrected chi connectivity index (χ4v) is 2.82. The van der Waals surface area contributed by atoms with Crippen LogP contribution in [0.4, 0.5) is 18.9 Å². The first kappa shape index (κ1) is 18.0. The number of rotatable bonds is 6. The minimum absolute atomic E-state index is 0.0138. The zero-order valence-electron chi connectivity index (χ0n) is 14.2. The SMILES string of the molecule is CC(Cc1cccc(C(F)(F)F)c1)Nc1cccc(Cn2cncn2)c1. The number of nitrogens with one attached hydrogen (secondary N) is 1. The smallest absolute Gasteiger partial charge is 0.382 e. The van der Waals surface area contributed by atoms with Gasteiger partial charge in [-0.3, -0.25) is 0 Å². The van der Waals surface area contributed by atoms with Crippen LogP contribution in [0, 0.1) is 0 Å². The molecule has 3 rings (SSSR count). The first-order valence-corrected chi connectivity index (χ1v) is 8.24. The molecule has 7 heteroatoms. The van der Waals surface area contributed by atoms with Crippen LogP contribution in [0.1, 0.15) is 23.6 Å². The van der Waals surface area contributed by atoms with Gasteiger partial charge in [0.15, 0.2) is 0 Å². The molecule has 2 aromatic carbocycles. The number of alkyl halides is 3. The summed E-state index contributed by atoms with van der Waals surface area (Å²) in [5, 5.41) is 7.42. The van der Waals surface area contributed by atoms with Gasteiger partial charge in [0, 0.05) is 11.7 Å². The number of anilines is 1. The third-order valence-corrected chi connectivity index (χ3v) is 3.95. The largest absolute Gasteiger partial charge is 0.416 e. The lowest BCUT2D eigenvalue weighted by Gasteiger charge is -2.17. The van der Waals surface area contributed by atoms with E-state index in [0.29, 0.717) is 18.5 Å². The van der Waals surface area contributed by atoms with E-state index in [1.54, 1.807) is 17.1 Å². The molecule has 0 amide bonds. The van der Waals surface area contributed by atoms with Crippen molar-refractivity contribution in [2.45, 2.75) is 32.1 Å². The van der Waals surface area contributed by atoms with E-state index in [9.17, 15) is 13.2 Å². The van der Waals surface area contributed by atoms with Gasteiger partial charge < -0.3 is 5.32 Å². The van der Waals surface area contributed by atoms with Crippen molar-refractivity contribution >= 4 is 5.69 Å². The summed E-state index contributed by atoms with van der Waals surface area (Å²) >= 11 is 0. The average molecular weight is 360 g/mol. The van der Waals surface area contributed by atoms with Gasteiger partial charge in [-0.2, -0.15) is 18.3 Å². The van der Waals surface area contributed by atoms with Gasteiger partial charge >= 0.3 is 6.18 Å². The molecular formula is C19H19F3N4. The summed E-state index contributed by atoms with van der Waals surface area (Å²) in [5.41, 5.74) is 2.02. The van der Waals surface area contributed by atoms with Crippen molar-refractivity contribution in [1.82, 2.24) is 14.8 Å². The molecule has 0 spiro atoms. The van der Waals surface area contributed by atoms with E-state index < -0.39 is 11.7 Å². The second-order valence-electron chi connectivity index (χ2n) is 6.24. The number of halogens is 3. The first-order valence-electron chi connectivity index (χ1n) is 8.24. The normalized spacial score (nSPS) is 12.8. The van der Waals surface area contributed by atoms with E-state index in [0.717, 1.165) is 17.3 Å². The van der Waals surface area contributed by atoms with Crippen LogP contribution in [0.15, 0.2) is 61.2 Å². The maximum Gasteiger partial charge on any atom is 0.416 e.